The summed E-state index contributed by atoms with van der Waals surface area (Å²) in [5, 5.41) is 23.2. The summed E-state index contributed by atoms with van der Waals surface area (Å²) in [5.74, 6) is 0. The van der Waals surface area contributed by atoms with Crippen LogP contribution in [0.3, 0.4) is 0 Å². The van der Waals surface area contributed by atoms with Gasteiger partial charge in [-0.15, -0.1) is 0 Å². The van der Waals surface area contributed by atoms with Gasteiger partial charge in [0.2, 0.25) is 0 Å². The summed E-state index contributed by atoms with van der Waals surface area (Å²) in [6.45, 7) is 3.01. The average Bonchev–Trinajstić information content (AvgIpc) is 2.97. The number of aliphatic imine (C=N–C) groups is 2. The van der Waals surface area contributed by atoms with Crippen LogP contribution >= 0.6 is 21.6 Å². The van der Waals surface area contributed by atoms with E-state index < -0.39 is 33.3 Å². The van der Waals surface area contributed by atoms with Gasteiger partial charge in [0, 0.05) is 34.4 Å². The highest BCUT2D eigenvalue weighted by atomic mass is 33.1. The monoisotopic (exact) mass is 678 g/mol. The first-order chi connectivity index (χ1) is 21.5. The maximum atomic E-state index is 13.1. The van der Waals surface area contributed by atoms with Gasteiger partial charge in [-0.2, -0.15) is 26.3 Å². The number of aryl methyl sites for hydroxylation is 2. The molecule has 46 heavy (non-hydrogen) atoms. The van der Waals surface area contributed by atoms with E-state index in [1.165, 1.54) is 50.2 Å². The smallest absolute Gasteiger partial charge is 0.258 e. The van der Waals surface area contributed by atoms with E-state index in [-0.39, 0.29) is 44.0 Å². The van der Waals surface area contributed by atoms with Crippen LogP contribution in [0.2, 0.25) is 0 Å². The highest BCUT2D eigenvalue weighted by Crippen LogP contribution is 2.37. The topological polar surface area (TPSA) is 111 Å². The zero-order chi connectivity index (χ0) is 33.8. The van der Waals surface area contributed by atoms with Gasteiger partial charge in [-0.3, -0.25) is 20.2 Å². The van der Waals surface area contributed by atoms with Crippen LogP contribution in [0, 0.1) is 34.1 Å². The number of nitrogens with zero attached hydrogens (tertiary/aromatic N) is 4. The van der Waals surface area contributed by atoms with Crippen LogP contribution in [0.25, 0.3) is 0 Å². The molecule has 0 atom stereocenters. The second-order valence-corrected chi connectivity index (χ2v) is 11.7. The third kappa shape index (κ3) is 8.51. The molecule has 0 radical (unpaired) electrons. The first-order valence-corrected chi connectivity index (χ1v) is 15.0. The lowest BCUT2D eigenvalue weighted by Crippen LogP contribution is -2.04. The van der Waals surface area contributed by atoms with E-state index in [2.05, 4.69) is 9.98 Å². The van der Waals surface area contributed by atoms with Crippen molar-refractivity contribution in [2.24, 2.45) is 9.98 Å². The first-order valence-electron chi connectivity index (χ1n) is 12.9. The molecular weight excluding hydrogens is 658 g/mol. The Morgan fingerprint density at radius 3 is 1.17 bits per heavy atom. The fourth-order valence-corrected chi connectivity index (χ4v) is 6.18. The molecule has 0 spiro atoms. The van der Waals surface area contributed by atoms with Crippen LogP contribution in [0.1, 0.15) is 33.4 Å². The minimum absolute atomic E-state index is 0.138. The number of hydrogen-bond donors (Lipinski definition) is 0. The maximum absolute atomic E-state index is 13.1. The summed E-state index contributed by atoms with van der Waals surface area (Å²) in [6, 6.07) is 16.4. The highest BCUT2D eigenvalue weighted by molar-refractivity contribution is 8.87. The van der Waals surface area contributed by atoms with Gasteiger partial charge >= 0.3 is 12.4 Å². The number of rotatable bonds is 6. The molecule has 0 N–H and O–H groups in total. The number of nitro groups is 2. The molecule has 0 unspecified atom stereocenters. The lowest BCUT2D eigenvalue weighted by atomic mass is 10.1. The largest absolute Gasteiger partial charge is 0.416 e. The van der Waals surface area contributed by atoms with Gasteiger partial charge in [-0.05, 0) is 108 Å². The van der Waals surface area contributed by atoms with E-state index in [9.17, 15) is 46.6 Å². The van der Waals surface area contributed by atoms with E-state index in [1.807, 2.05) is 0 Å². The lowest BCUT2D eigenvalue weighted by Gasteiger charge is -2.12. The minimum atomic E-state index is -4.57. The molecule has 0 aliphatic carbocycles. The molecular formula is C30H20F6N4O4S2. The van der Waals surface area contributed by atoms with E-state index in [1.54, 1.807) is 0 Å². The molecule has 4 aromatic rings. The van der Waals surface area contributed by atoms with Crippen LogP contribution in [-0.4, -0.2) is 19.9 Å². The van der Waals surface area contributed by atoms with Crippen LogP contribution < -0.4 is 0 Å². The summed E-state index contributed by atoms with van der Waals surface area (Å²) in [6.07, 6.45) is -9.14. The molecule has 0 amide bonds. The standard InChI is InChI=1S/C30H20F6N4O4S2/c1-17-15-19(3-13-25(17)39(41)42)27(37-23-9-5-21(6-10-23)29(31,32)33)45-46-28(20-4-14-26(40(43)44)18(2)16-20)38-24-11-7-22(8-12-24)30(34,35)36/h3-16H,1-2H3. The Kier molecular flexibility index (Phi) is 10.2. The molecule has 0 saturated heterocycles. The van der Waals surface area contributed by atoms with Crippen molar-refractivity contribution in [3.05, 3.63) is 139 Å². The Morgan fingerprint density at radius 1 is 0.587 bits per heavy atom. The number of benzene rings is 4. The van der Waals surface area contributed by atoms with Gasteiger partial charge in [0.1, 0.15) is 10.1 Å². The zero-order valence-corrected chi connectivity index (χ0v) is 25.2. The van der Waals surface area contributed by atoms with Gasteiger partial charge in [-0.1, -0.05) is 0 Å². The molecule has 0 bridgehead atoms. The Labute approximate surface area is 265 Å². The van der Waals surface area contributed by atoms with E-state index >= 15 is 0 Å². The van der Waals surface area contributed by atoms with Crippen molar-refractivity contribution in [2.45, 2.75) is 26.2 Å². The van der Waals surface area contributed by atoms with Crippen molar-refractivity contribution in [3.8, 4) is 0 Å². The highest BCUT2D eigenvalue weighted by Gasteiger charge is 2.31. The molecule has 0 aliphatic heterocycles. The molecule has 238 valence electrons. The SMILES string of the molecule is Cc1cc(C(=Nc2ccc(C(F)(F)F)cc2)SSC(=Nc2ccc(C(F)(F)F)cc2)c2ccc([N+](=O)[O-])c(C)c2)ccc1[N+](=O)[O-]. The van der Waals surface area contributed by atoms with Crippen LogP contribution in [0.5, 0.6) is 0 Å². The zero-order valence-electron chi connectivity index (χ0n) is 23.6. The maximum Gasteiger partial charge on any atom is 0.416 e. The summed E-state index contributed by atoms with van der Waals surface area (Å²) >= 11 is 0. The van der Waals surface area contributed by atoms with Crippen molar-refractivity contribution >= 4 is 54.4 Å². The van der Waals surface area contributed by atoms with Crippen molar-refractivity contribution in [3.63, 3.8) is 0 Å². The molecule has 8 nitrogen and oxygen atoms in total. The van der Waals surface area contributed by atoms with Crippen molar-refractivity contribution in [1.29, 1.82) is 0 Å². The van der Waals surface area contributed by atoms with Crippen molar-refractivity contribution in [2.75, 3.05) is 0 Å². The number of nitro benzene ring substituents is 2. The molecule has 0 fully saturated rings. The number of alkyl halides is 6. The average molecular weight is 679 g/mol. The van der Waals surface area contributed by atoms with Crippen LogP contribution in [0.4, 0.5) is 49.1 Å². The Morgan fingerprint density at radius 2 is 0.913 bits per heavy atom. The first kappa shape index (κ1) is 34.2. The van der Waals surface area contributed by atoms with Crippen LogP contribution in [0.15, 0.2) is 94.9 Å². The molecule has 0 heterocycles. The Bertz CT molecular complexity index is 1710. The third-order valence-corrected chi connectivity index (χ3v) is 8.58. The summed E-state index contributed by atoms with van der Waals surface area (Å²) < 4.78 is 78.7. The second kappa shape index (κ2) is 13.7. The fraction of sp³-hybridized carbons (Fsp3) is 0.133. The predicted molar refractivity (Wildman–Crippen MR) is 166 cm³/mol. The van der Waals surface area contributed by atoms with Crippen molar-refractivity contribution in [1.82, 2.24) is 0 Å². The van der Waals surface area contributed by atoms with Crippen LogP contribution in [-0.2, 0) is 12.4 Å². The summed E-state index contributed by atoms with van der Waals surface area (Å²) in [4.78, 5) is 30.6. The lowest BCUT2D eigenvalue weighted by molar-refractivity contribution is -0.385. The van der Waals surface area contributed by atoms with Crippen molar-refractivity contribution < 1.29 is 36.2 Å². The normalized spacial score (nSPS) is 12.7. The summed E-state index contributed by atoms with van der Waals surface area (Å²) in [7, 11) is 1.96. The Balaban J connectivity index is 1.79. The van der Waals surface area contributed by atoms with Gasteiger partial charge in [0.05, 0.1) is 32.3 Å². The molecule has 16 heteroatoms. The Hall–Kier alpha value is -4.70. The van der Waals surface area contributed by atoms with Gasteiger partial charge in [-0.25, -0.2) is 9.98 Å². The molecule has 4 aromatic carbocycles. The summed E-state index contributed by atoms with van der Waals surface area (Å²) in [5.41, 5.74) is -0.484. The second-order valence-electron chi connectivity index (χ2n) is 9.61. The van der Waals surface area contributed by atoms with Gasteiger partial charge in [0.15, 0.2) is 0 Å². The predicted octanol–water partition coefficient (Wildman–Crippen LogP) is 10.4. The van der Waals surface area contributed by atoms with E-state index in [0.29, 0.717) is 11.1 Å². The molecule has 4 rings (SSSR count). The van der Waals surface area contributed by atoms with Gasteiger partial charge in [0.25, 0.3) is 11.4 Å². The molecule has 0 aliphatic rings. The minimum Gasteiger partial charge on any atom is -0.258 e. The number of hydrogen-bond acceptors (Lipinski definition) is 8. The van der Waals surface area contributed by atoms with Gasteiger partial charge < -0.3 is 0 Å². The molecule has 0 aromatic heterocycles. The molecule has 0 saturated carbocycles. The van der Waals surface area contributed by atoms with E-state index in [0.717, 1.165) is 70.1 Å². The van der Waals surface area contributed by atoms with E-state index in [4.69, 9.17) is 0 Å². The third-order valence-electron chi connectivity index (χ3n) is 6.33. The fourth-order valence-electron chi connectivity index (χ4n) is 4.01. The quantitative estimate of drug-likeness (QED) is 0.0501. The number of halogens is 6.